The highest BCUT2D eigenvalue weighted by molar-refractivity contribution is 7.87. The van der Waals surface area contributed by atoms with E-state index in [2.05, 4.69) is 0 Å². The minimum Gasteiger partial charge on any atom is -0.497 e. The Bertz CT molecular complexity index is 1330. The van der Waals surface area contributed by atoms with Gasteiger partial charge < -0.3 is 28.0 Å². The number of benzene rings is 3. The smallest absolute Gasteiger partial charge is 0.339 e. The van der Waals surface area contributed by atoms with Crippen LogP contribution in [0.1, 0.15) is 15.9 Å². The maximum absolute atomic E-state index is 13.5. The quantitative estimate of drug-likeness (QED) is 0.323. The Morgan fingerprint density at radius 1 is 0.838 bits per heavy atom. The van der Waals surface area contributed by atoms with Crippen molar-refractivity contribution in [2.24, 2.45) is 0 Å². The van der Waals surface area contributed by atoms with Gasteiger partial charge in [0.05, 0.1) is 33.5 Å². The predicted octanol–water partition coefficient (Wildman–Crippen LogP) is 3.91. The van der Waals surface area contributed by atoms with Gasteiger partial charge in [-0.3, -0.25) is 4.79 Å². The topological polar surface area (TPSA) is 101 Å². The van der Waals surface area contributed by atoms with Crippen molar-refractivity contribution in [3.05, 3.63) is 77.6 Å². The Labute approximate surface area is 215 Å². The number of carbonyl (C=O) groups is 1. The highest BCUT2D eigenvalue weighted by Crippen LogP contribution is 2.32. The van der Waals surface area contributed by atoms with E-state index in [0.29, 0.717) is 22.6 Å². The second-order valence-corrected chi connectivity index (χ2v) is 9.31. The number of halogens is 1. The molecule has 0 bridgehead atoms. The SMILES string of the molecule is COCCN(Cc1ccc(OC)c(OS(=O)(=O)c2ccc(F)cc2)c1)C(=O)c1ccc(OC)cc1OC. The Hall–Kier alpha value is -3.83. The summed E-state index contributed by atoms with van der Waals surface area (Å²) in [6.45, 7) is 0.623. The number of hydrogen-bond acceptors (Lipinski definition) is 8. The zero-order valence-corrected chi connectivity index (χ0v) is 21.7. The van der Waals surface area contributed by atoms with Crippen molar-refractivity contribution in [2.75, 3.05) is 41.6 Å². The molecule has 3 rings (SSSR count). The van der Waals surface area contributed by atoms with E-state index in [1.165, 1.54) is 45.5 Å². The van der Waals surface area contributed by atoms with Crippen LogP contribution in [0.4, 0.5) is 4.39 Å². The molecule has 198 valence electrons. The van der Waals surface area contributed by atoms with Crippen molar-refractivity contribution in [3.63, 3.8) is 0 Å². The molecule has 9 nitrogen and oxygen atoms in total. The summed E-state index contributed by atoms with van der Waals surface area (Å²) in [7, 11) is 1.60. The van der Waals surface area contributed by atoms with Gasteiger partial charge in [-0.2, -0.15) is 8.42 Å². The lowest BCUT2D eigenvalue weighted by atomic mass is 10.1. The zero-order chi connectivity index (χ0) is 27.0. The molecule has 1 amide bonds. The molecule has 0 saturated carbocycles. The summed E-state index contributed by atoms with van der Waals surface area (Å²) in [4.78, 5) is 14.8. The summed E-state index contributed by atoms with van der Waals surface area (Å²) in [5.74, 6) is 0.0696. The minimum absolute atomic E-state index is 0.0782. The predicted molar refractivity (Wildman–Crippen MR) is 133 cm³/mol. The molecule has 3 aromatic rings. The van der Waals surface area contributed by atoms with Crippen LogP contribution in [0.3, 0.4) is 0 Å². The number of ether oxygens (including phenoxy) is 4. The second kappa shape index (κ2) is 12.4. The molecule has 0 atom stereocenters. The molecule has 0 aromatic heterocycles. The van der Waals surface area contributed by atoms with E-state index in [4.69, 9.17) is 23.1 Å². The maximum Gasteiger partial charge on any atom is 0.339 e. The molecule has 0 aliphatic rings. The number of amides is 1. The largest absolute Gasteiger partial charge is 0.497 e. The lowest BCUT2D eigenvalue weighted by Gasteiger charge is -2.24. The molecular formula is C26H28FNO8S. The fourth-order valence-corrected chi connectivity index (χ4v) is 4.40. The molecule has 0 aliphatic heterocycles. The van der Waals surface area contributed by atoms with Crippen LogP contribution in [-0.2, 0) is 21.4 Å². The fraction of sp³-hybridized carbons (Fsp3) is 0.269. The van der Waals surface area contributed by atoms with Crippen molar-refractivity contribution in [1.82, 2.24) is 4.90 Å². The number of nitrogens with zero attached hydrogens (tertiary/aromatic N) is 1. The first-order valence-electron chi connectivity index (χ1n) is 11.1. The van der Waals surface area contributed by atoms with Crippen molar-refractivity contribution >= 4 is 16.0 Å². The molecule has 3 aromatic carbocycles. The molecule has 0 saturated heterocycles. The second-order valence-electron chi connectivity index (χ2n) is 7.76. The first-order chi connectivity index (χ1) is 17.7. The van der Waals surface area contributed by atoms with Gasteiger partial charge in [0.25, 0.3) is 5.91 Å². The van der Waals surface area contributed by atoms with Gasteiger partial charge in [-0.05, 0) is 54.1 Å². The third-order valence-corrected chi connectivity index (χ3v) is 6.64. The number of hydrogen-bond donors (Lipinski definition) is 0. The first-order valence-corrected chi connectivity index (χ1v) is 12.5. The van der Waals surface area contributed by atoms with E-state index in [0.717, 1.165) is 24.3 Å². The van der Waals surface area contributed by atoms with Gasteiger partial charge in [-0.1, -0.05) is 6.07 Å². The average Bonchev–Trinajstić information content (AvgIpc) is 2.90. The van der Waals surface area contributed by atoms with Crippen LogP contribution < -0.4 is 18.4 Å². The molecule has 0 unspecified atom stereocenters. The maximum atomic E-state index is 13.5. The molecule has 0 spiro atoms. The summed E-state index contributed by atoms with van der Waals surface area (Å²) in [6, 6.07) is 13.8. The van der Waals surface area contributed by atoms with Crippen LogP contribution in [0, 0.1) is 5.82 Å². The van der Waals surface area contributed by atoms with Crippen molar-refractivity contribution in [2.45, 2.75) is 11.4 Å². The third-order valence-electron chi connectivity index (χ3n) is 5.39. The summed E-state index contributed by atoms with van der Waals surface area (Å²) in [6.07, 6.45) is 0. The summed E-state index contributed by atoms with van der Waals surface area (Å²) >= 11 is 0. The van der Waals surface area contributed by atoms with E-state index in [1.54, 1.807) is 24.3 Å². The van der Waals surface area contributed by atoms with E-state index >= 15 is 0 Å². The summed E-state index contributed by atoms with van der Waals surface area (Å²) in [5.41, 5.74) is 0.894. The van der Waals surface area contributed by atoms with E-state index in [-0.39, 0.29) is 42.0 Å². The Morgan fingerprint density at radius 2 is 1.54 bits per heavy atom. The van der Waals surface area contributed by atoms with Crippen LogP contribution >= 0.6 is 0 Å². The first kappa shape index (κ1) is 27.8. The molecule has 0 N–H and O–H groups in total. The fourth-order valence-electron chi connectivity index (χ4n) is 3.47. The van der Waals surface area contributed by atoms with Crippen LogP contribution in [-0.4, -0.2) is 60.8 Å². The van der Waals surface area contributed by atoms with Crippen LogP contribution in [0.2, 0.25) is 0 Å². The molecule has 0 aliphatic carbocycles. The van der Waals surface area contributed by atoms with Gasteiger partial charge >= 0.3 is 10.1 Å². The van der Waals surface area contributed by atoms with E-state index in [9.17, 15) is 17.6 Å². The van der Waals surface area contributed by atoms with E-state index in [1.807, 2.05) is 0 Å². The van der Waals surface area contributed by atoms with Crippen LogP contribution in [0.15, 0.2) is 65.6 Å². The average molecular weight is 534 g/mol. The number of rotatable bonds is 12. The van der Waals surface area contributed by atoms with Crippen LogP contribution in [0.25, 0.3) is 0 Å². The lowest BCUT2D eigenvalue weighted by Crippen LogP contribution is -2.33. The zero-order valence-electron chi connectivity index (χ0n) is 20.9. The Balaban J connectivity index is 1.92. The third kappa shape index (κ3) is 6.89. The van der Waals surface area contributed by atoms with Gasteiger partial charge in [0.2, 0.25) is 0 Å². The molecule has 0 heterocycles. The number of carbonyl (C=O) groups excluding carboxylic acids is 1. The lowest BCUT2D eigenvalue weighted by molar-refractivity contribution is 0.0677. The molecule has 11 heteroatoms. The highest BCUT2D eigenvalue weighted by atomic mass is 32.2. The van der Waals surface area contributed by atoms with Crippen LogP contribution in [0.5, 0.6) is 23.0 Å². The monoisotopic (exact) mass is 533 g/mol. The van der Waals surface area contributed by atoms with E-state index < -0.39 is 15.9 Å². The van der Waals surface area contributed by atoms with Gasteiger partial charge in [0.15, 0.2) is 11.5 Å². The van der Waals surface area contributed by atoms with Gasteiger partial charge in [0, 0.05) is 26.3 Å². The summed E-state index contributed by atoms with van der Waals surface area (Å²) in [5, 5.41) is 0. The van der Waals surface area contributed by atoms with Crippen molar-refractivity contribution in [1.29, 1.82) is 0 Å². The Morgan fingerprint density at radius 3 is 2.16 bits per heavy atom. The molecule has 0 radical (unpaired) electrons. The Kier molecular flexibility index (Phi) is 9.31. The summed E-state index contributed by atoms with van der Waals surface area (Å²) < 4.78 is 65.1. The highest BCUT2D eigenvalue weighted by Gasteiger charge is 2.23. The van der Waals surface area contributed by atoms with Crippen molar-refractivity contribution < 1.29 is 40.7 Å². The molecule has 37 heavy (non-hydrogen) atoms. The van der Waals surface area contributed by atoms with Gasteiger partial charge in [-0.25, -0.2) is 4.39 Å². The van der Waals surface area contributed by atoms with Gasteiger partial charge in [0.1, 0.15) is 22.2 Å². The van der Waals surface area contributed by atoms with Gasteiger partial charge in [-0.15, -0.1) is 0 Å². The number of methoxy groups -OCH3 is 4. The normalized spacial score (nSPS) is 11.1. The molecule has 0 fully saturated rings. The van der Waals surface area contributed by atoms with Crippen molar-refractivity contribution in [3.8, 4) is 23.0 Å². The molecular weight excluding hydrogens is 505 g/mol. The minimum atomic E-state index is -4.27. The standard InChI is InChI=1S/C26H28FNO8S/c1-32-14-13-28(26(29)22-11-8-20(33-2)16-24(22)35-4)17-18-5-12-23(34-3)25(15-18)36-37(30,31)21-9-6-19(27)7-10-21/h5-12,15-16H,13-14,17H2,1-4H3.